The van der Waals surface area contributed by atoms with Crippen LogP contribution in [0.4, 0.5) is 0 Å². The molecule has 1 N–H and O–H groups in total. The van der Waals surface area contributed by atoms with E-state index in [1.165, 1.54) is 16.7 Å². The van der Waals surface area contributed by atoms with Crippen LogP contribution in [0.1, 0.15) is 34.8 Å². The van der Waals surface area contributed by atoms with Crippen LogP contribution in [0.2, 0.25) is 0 Å². The number of nitrogens with zero attached hydrogens (tertiary/aromatic N) is 1. The van der Waals surface area contributed by atoms with Gasteiger partial charge in [0, 0.05) is 12.6 Å². The highest BCUT2D eigenvalue weighted by molar-refractivity contribution is 5.33. The third-order valence-electron chi connectivity index (χ3n) is 4.69. The Bertz CT molecular complexity index is 622. The predicted octanol–water partition coefficient (Wildman–Crippen LogP) is 3.48. The second kappa shape index (κ2) is 6.00. The lowest BCUT2D eigenvalue weighted by Gasteiger charge is -2.36. The summed E-state index contributed by atoms with van der Waals surface area (Å²) >= 11 is 0. The van der Waals surface area contributed by atoms with Crippen LogP contribution < -0.4 is 0 Å². The van der Waals surface area contributed by atoms with Crippen LogP contribution in [-0.4, -0.2) is 23.1 Å². The summed E-state index contributed by atoms with van der Waals surface area (Å²) in [5.41, 5.74) is 5.05. The highest BCUT2D eigenvalue weighted by Crippen LogP contribution is 2.33. The zero-order chi connectivity index (χ0) is 14.8. The van der Waals surface area contributed by atoms with E-state index in [1.807, 2.05) is 6.07 Å². The molecule has 0 fully saturated rings. The van der Waals surface area contributed by atoms with Crippen molar-refractivity contribution >= 4 is 0 Å². The van der Waals surface area contributed by atoms with E-state index in [1.54, 1.807) is 0 Å². The summed E-state index contributed by atoms with van der Waals surface area (Å²) in [5.74, 6) is 0. The fourth-order valence-corrected chi connectivity index (χ4v) is 3.35. The van der Waals surface area contributed by atoms with Crippen molar-refractivity contribution < 1.29 is 5.11 Å². The summed E-state index contributed by atoms with van der Waals surface area (Å²) in [4.78, 5) is 2.29. The SMILES string of the molecule is Cc1ccccc1CN(C)C1CCc2ccccc2C1O. The first-order valence-electron chi connectivity index (χ1n) is 7.67. The largest absolute Gasteiger partial charge is 0.387 e. The number of rotatable bonds is 3. The molecule has 0 spiro atoms. The van der Waals surface area contributed by atoms with E-state index < -0.39 is 0 Å². The van der Waals surface area contributed by atoms with E-state index >= 15 is 0 Å². The van der Waals surface area contributed by atoms with Gasteiger partial charge in [0.1, 0.15) is 0 Å². The molecule has 0 aliphatic heterocycles. The molecular formula is C19H23NO. The van der Waals surface area contributed by atoms with Crippen LogP contribution in [0.25, 0.3) is 0 Å². The molecule has 0 aromatic heterocycles. The van der Waals surface area contributed by atoms with Crippen molar-refractivity contribution in [2.75, 3.05) is 7.05 Å². The lowest BCUT2D eigenvalue weighted by molar-refractivity contribution is 0.0461. The fourth-order valence-electron chi connectivity index (χ4n) is 3.35. The van der Waals surface area contributed by atoms with E-state index in [0.717, 1.165) is 24.9 Å². The Labute approximate surface area is 127 Å². The Morgan fingerprint density at radius 2 is 1.81 bits per heavy atom. The second-order valence-electron chi connectivity index (χ2n) is 6.09. The lowest BCUT2D eigenvalue weighted by Crippen LogP contribution is -2.39. The van der Waals surface area contributed by atoms with Crippen molar-refractivity contribution in [1.82, 2.24) is 4.90 Å². The molecule has 0 saturated heterocycles. The minimum Gasteiger partial charge on any atom is -0.387 e. The first kappa shape index (κ1) is 14.3. The van der Waals surface area contributed by atoms with E-state index in [0.29, 0.717) is 0 Å². The van der Waals surface area contributed by atoms with Crippen LogP contribution in [0.15, 0.2) is 48.5 Å². The van der Waals surface area contributed by atoms with Gasteiger partial charge in [-0.3, -0.25) is 4.90 Å². The summed E-state index contributed by atoms with van der Waals surface area (Å²) in [7, 11) is 2.12. The van der Waals surface area contributed by atoms with Crippen LogP contribution >= 0.6 is 0 Å². The average molecular weight is 281 g/mol. The minimum absolute atomic E-state index is 0.194. The highest BCUT2D eigenvalue weighted by Gasteiger charge is 2.30. The first-order chi connectivity index (χ1) is 10.2. The van der Waals surface area contributed by atoms with Gasteiger partial charge in [-0.2, -0.15) is 0 Å². The summed E-state index contributed by atoms with van der Waals surface area (Å²) in [5, 5.41) is 10.7. The fraction of sp³-hybridized carbons (Fsp3) is 0.368. The maximum absolute atomic E-state index is 10.7. The predicted molar refractivity (Wildman–Crippen MR) is 86.2 cm³/mol. The average Bonchev–Trinajstić information content (AvgIpc) is 2.50. The minimum atomic E-state index is -0.385. The van der Waals surface area contributed by atoms with Gasteiger partial charge in [-0.25, -0.2) is 0 Å². The number of hydrogen-bond donors (Lipinski definition) is 1. The van der Waals surface area contributed by atoms with E-state index in [9.17, 15) is 5.11 Å². The Hall–Kier alpha value is -1.64. The lowest BCUT2D eigenvalue weighted by atomic mass is 9.85. The third kappa shape index (κ3) is 2.87. The Kier molecular flexibility index (Phi) is 4.09. The number of hydrogen-bond acceptors (Lipinski definition) is 2. The standard InChI is InChI=1S/C19H23NO/c1-14-7-3-4-9-16(14)13-20(2)18-12-11-15-8-5-6-10-17(15)19(18)21/h3-10,18-19,21H,11-13H2,1-2H3. The van der Waals surface area contributed by atoms with Crippen molar-refractivity contribution in [3.05, 3.63) is 70.8 Å². The van der Waals surface area contributed by atoms with Gasteiger partial charge >= 0.3 is 0 Å². The van der Waals surface area contributed by atoms with Crippen molar-refractivity contribution in [2.45, 2.75) is 38.5 Å². The third-order valence-corrected chi connectivity index (χ3v) is 4.69. The number of aliphatic hydroxyl groups is 1. The zero-order valence-corrected chi connectivity index (χ0v) is 12.8. The molecule has 2 nitrogen and oxygen atoms in total. The van der Waals surface area contributed by atoms with Gasteiger partial charge in [0.25, 0.3) is 0 Å². The van der Waals surface area contributed by atoms with Gasteiger partial charge in [-0.1, -0.05) is 48.5 Å². The summed E-state index contributed by atoms with van der Waals surface area (Å²) in [6.07, 6.45) is 1.68. The summed E-state index contributed by atoms with van der Waals surface area (Å²) in [6.45, 7) is 3.03. The Morgan fingerprint density at radius 1 is 1.10 bits per heavy atom. The Morgan fingerprint density at radius 3 is 2.62 bits per heavy atom. The molecule has 21 heavy (non-hydrogen) atoms. The van der Waals surface area contributed by atoms with Gasteiger partial charge in [0.15, 0.2) is 0 Å². The van der Waals surface area contributed by atoms with E-state index in [2.05, 4.69) is 61.3 Å². The maximum atomic E-state index is 10.7. The highest BCUT2D eigenvalue weighted by atomic mass is 16.3. The number of aliphatic hydroxyl groups excluding tert-OH is 1. The molecule has 0 amide bonds. The molecule has 0 saturated carbocycles. The van der Waals surface area contributed by atoms with Gasteiger partial charge in [-0.05, 0) is 49.1 Å². The van der Waals surface area contributed by atoms with E-state index in [4.69, 9.17) is 0 Å². The van der Waals surface area contributed by atoms with Gasteiger partial charge in [-0.15, -0.1) is 0 Å². The monoisotopic (exact) mass is 281 g/mol. The molecular weight excluding hydrogens is 258 g/mol. The maximum Gasteiger partial charge on any atom is 0.0947 e. The second-order valence-corrected chi connectivity index (χ2v) is 6.09. The van der Waals surface area contributed by atoms with Crippen molar-refractivity contribution in [1.29, 1.82) is 0 Å². The number of aryl methyl sites for hydroxylation is 2. The molecule has 2 atom stereocenters. The molecule has 2 aromatic rings. The quantitative estimate of drug-likeness (QED) is 0.931. The topological polar surface area (TPSA) is 23.5 Å². The molecule has 0 heterocycles. The molecule has 2 unspecified atom stereocenters. The summed E-state index contributed by atoms with van der Waals surface area (Å²) in [6, 6.07) is 17.0. The first-order valence-corrected chi connectivity index (χ1v) is 7.67. The summed E-state index contributed by atoms with van der Waals surface area (Å²) < 4.78 is 0. The van der Waals surface area contributed by atoms with Crippen LogP contribution in [-0.2, 0) is 13.0 Å². The van der Waals surface area contributed by atoms with Crippen molar-refractivity contribution in [3.63, 3.8) is 0 Å². The van der Waals surface area contributed by atoms with Gasteiger partial charge < -0.3 is 5.11 Å². The van der Waals surface area contributed by atoms with Crippen LogP contribution in [0.3, 0.4) is 0 Å². The van der Waals surface area contributed by atoms with Gasteiger partial charge in [0.2, 0.25) is 0 Å². The number of likely N-dealkylation sites (N-methyl/N-ethyl adjacent to an activating group) is 1. The van der Waals surface area contributed by atoms with E-state index in [-0.39, 0.29) is 12.1 Å². The van der Waals surface area contributed by atoms with Crippen LogP contribution in [0, 0.1) is 6.92 Å². The Balaban J connectivity index is 1.77. The van der Waals surface area contributed by atoms with Gasteiger partial charge in [0.05, 0.1) is 6.10 Å². The smallest absolute Gasteiger partial charge is 0.0947 e. The molecule has 1 aliphatic rings. The molecule has 0 bridgehead atoms. The van der Waals surface area contributed by atoms with Crippen molar-refractivity contribution in [3.8, 4) is 0 Å². The number of fused-ring (bicyclic) bond motifs is 1. The molecule has 1 aliphatic carbocycles. The molecule has 2 aromatic carbocycles. The molecule has 3 rings (SSSR count). The molecule has 0 radical (unpaired) electrons. The van der Waals surface area contributed by atoms with Crippen LogP contribution in [0.5, 0.6) is 0 Å². The molecule has 110 valence electrons. The normalized spacial score (nSPS) is 21.3. The van der Waals surface area contributed by atoms with Crippen molar-refractivity contribution in [2.24, 2.45) is 0 Å². The molecule has 2 heteroatoms. The number of benzene rings is 2. The zero-order valence-electron chi connectivity index (χ0n) is 12.8.